The Bertz CT molecular complexity index is 418. The van der Waals surface area contributed by atoms with E-state index in [1.165, 1.54) is 5.56 Å². The van der Waals surface area contributed by atoms with E-state index in [-0.39, 0.29) is 6.04 Å². The largest absolute Gasteiger partial charge is 0.327 e. The molecular formula is C11H16N4S. The molecule has 0 amide bonds. The van der Waals surface area contributed by atoms with Crippen LogP contribution in [0.15, 0.2) is 17.8 Å². The van der Waals surface area contributed by atoms with Crippen LogP contribution in [0, 0.1) is 6.92 Å². The van der Waals surface area contributed by atoms with Gasteiger partial charge in [-0.1, -0.05) is 0 Å². The van der Waals surface area contributed by atoms with Crippen LogP contribution in [0.5, 0.6) is 0 Å². The van der Waals surface area contributed by atoms with Crippen LogP contribution in [0.4, 0.5) is 0 Å². The molecule has 0 saturated heterocycles. The summed E-state index contributed by atoms with van der Waals surface area (Å²) >= 11 is 1.67. The predicted molar refractivity (Wildman–Crippen MR) is 65.4 cm³/mol. The fraction of sp³-hybridized carbons (Fsp3) is 0.455. The highest BCUT2D eigenvalue weighted by Gasteiger charge is 2.08. The monoisotopic (exact) mass is 236 g/mol. The molecule has 86 valence electrons. The molecule has 0 aliphatic heterocycles. The number of hydrogen-bond acceptors (Lipinski definition) is 4. The molecule has 2 N–H and O–H groups in total. The second kappa shape index (κ2) is 4.76. The highest BCUT2D eigenvalue weighted by Crippen LogP contribution is 2.11. The van der Waals surface area contributed by atoms with Crippen molar-refractivity contribution in [3.05, 3.63) is 34.0 Å². The maximum atomic E-state index is 6.08. The van der Waals surface area contributed by atoms with E-state index >= 15 is 0 Å². The van der Waals surface area contributed by atoms with Gasteiger partial charge in [0.05, 0.1) is 16.9 Å². The van der Waals surface area contributed by atoms with Gasteiger partial charge in [-0.25, -0.2) is 4.98 Å². The van der Waals surface area contributed by atoms with Crippen LogP contribution >= 0.6 is 11.3 Å². The van der Waals surface area contributed by atoms with Gasteiger partial charge in [0, 0.05) is 31.1 Å². The van der Waals surface area contributed by atoms with Gasteiger partial charge in [0.25, 0.3) is 0 Å². The van der Waals surface area contributed by atoms with Gasteiger partial charge in [-0.15, -0.1) is 11.3 Å². The molecule has 0 aromatic carbocycles. The maximum Gasteiger partial charge on any atom is 0.0897 e. The van der Waals surface area contributed by atoms with E-state index in [1.54, 1.807) is 16.0 Å². The minimum atomic E-state index is 0.116. The first-order valence-corrected chi connectivity index (χ1v) is 6.15. The first-order chi connectivity index (χ1) is 7.63. The van der Waals surface area contributed by atoms with Crippen molar-refractivity contribution >= 4 is 11.3 Å². The molecule has 0 bridgehead atoms. The second-order valence-electron chi connectivity index (χ2n) is 4.05. The van der Waals surface area contributed by atoms with E-state index < -0.39 is 0 Å². The third kappa shape index (κ3) is 2.90. The lowest BCUT2D eigenvalue weighted by atomic mass is 10.1. The SMILES string of the molecule is Cc1nc(CC(N)Cc2cnn(C)c2)cs1. The molecule has 0 aliphatic carbocycles. The smallest absolute Gasteiger partial charge is 0.0897 e. The summed E-state index contributed by atoms with van der Waals surface area (Å²) < 4.78 is 1.80. The molecule has 4 nitrogen and oxygen atoms in total. The quantitative estimate of drug-likeness (QED) is 0.870. The molecular weight excluding hydrogens is 220 g/mol. The van der Waals surface area contributed by atoms with E-state index in [0.29, 0.717) is 0 Å². The van der Waals surface area contributed by atoms with Crippen molar-refractivity contribution in [1.29, 1.82) is 0 Å². The topological polar surface area (TPSA) is 56.7 Å². The van der Waals surface area contributed by atoms with E-state index in [2.05, 4.69) is 15.5 Å². The fourth-order valence-electron chi connectivity index (χ4n) is 1.72. The number of hydrogen-bond donors (Lipinski definition) is 1. The molecule has 5 heteroatoms. The average molecular weight is 236 g/mol. The van der Waals surface area contributed by atoms with Crippen molar-refractivity contribution in [1.82, 2.24) is 14.8 Å². The van der Waals surface area contributed by atoms with Crippen molar-refractivity contribution in [3.63, 3.8) is 0 Å². The summed E-state index contributed by atoms with van der Waals surface area (Å²) in [7, 11) is 1.92. The summed E-state index contributed by atoms with van der Waals surface area (Å²) in [5.41, 5.74) is 8.36. The first kappa shape index (κ1) is 11.3. The molecule has 0 saturated carbocycles. The Kier molecular flexibility index (Phi) is 3.36. The minimum Gasteiger partial charge on any atom is -0.327 e. The van der Waals surface area contributed by atoms with Crippen LogP contribution < -0.4 is 5.73 Å². The Balaban J connectivity index is 1.91. The summed E-state index contributed by atoms with van der Waals surface area (Å²) in [6.45, 7) is 2.01. The van der Waals surface area contributed by atoms with Crippen LogP contribution in [-0.2, 0) is 19.9 Å². The van der Waals surface area contributed by atoms with Crippen molar-refractivity contribution in [3.8, 4) is 0 Å². The zero-order valence-electron chi connectivity index (χ0n) is 9.55. The van der Waals surface area contributed by atoms with Gasteiger partial charge in [-0.3, -0.25) is 4.68 Å². The Hall–Kier alpha value is -1.20. The summed E-state index contributed by atoms with van der Waals surface area (Å²) in [5.74, 6) is 0. The molecule has 2 heterocycles. The molecule has 0 fully saturated rings. The summed E-state index contributed by atoms with van der Waals surface area (Å²) in [6, 6.07) is 0.116. The highest BCUT2D eigenvalue weighted by atomic mass is 32.1. The van der Waals surface area contributed by atoms with Crippen molar-refractivity contribution in [2.24, 2.45) is 12.8 Å². The Morgan fingerprint density at radius 1 is 1.50 bits per heavy atom. The van der Waals surface area contributed by atoms with Crippen LogP contribution in [0.3, 0.4) is 0 Å². The molecule has 0 radical (unpaired) electrons. The van der Waals surface area contributed by atoms with E-state index in [4.69, 9.17) is 5.73 Å². The van der Waals surface area contributed by atoms with Gasteiger partial charge < -0.3 is 5.73 Å². The molecule has 16 heavy (non-hydrogen) atoms. The van der Waals surface area contributed by atoms with E-state index in [1.807, 2.05) is 26.4 Å². The third-order valence-electron chi connectivity index (χ3n) is 2.39. The third-order valence-corrected chi connectivity index (χ3v) is 3.22. The van der Waals surface area contributed by atoms with Gasteiger partial charge in [-0.05, 0) is 18.9 Å². The lowest BCUT2D eigenvalue weighted by Gasteiger charge is -2.07. The number of aryl methyl sites for hydroxylation is 2. The first-order valence-electron chi connectivity index (χ1n) is 5.27. The van der Waals surface area contributed by atoms with E-state index in [9.17, 15) is 0 Å². The predicted octanol–water partition coefficient (Wildman–Crippen LogP) is 1.30. The summed E-state index contributed by atoms with van der Waals surface area (Å²) in [6.07, 6.45) is 5.56. The standard InChI is InChI=1S/C11H16N4S/c1-8-14-11(7-16-8)4-10(12)3-9-5-13-15(2)6-9/h5-7,10H,3-4,12H2,1-2H3. The van der Waals surface area contributed by atoms with Gasteiger partial charge in [0.2, 0.25) is 0 Å². The van der Waals surface area contributed by atoms with Gasteiger partial charge in [0.15, 0.2) is 0 Å². The summed E-state index contributed by atoms with van der Waals surface area (Å²) in [5, 5.41) is 7.31. The molecule has 1 unspecified atom stereocenters. The normalized spacial score (nSPS) is 12.9. The van der Waals surface area contributed by atoms with Crippen LogP contribution in [-0.4, -0.2) is 20.8 Å². The molecule has 2 aromatic heterocycles. The van der Waals surface area contributed by atoms with Crippen molar-refractivity contribution in [2.45, 2.75) is 25.8 Å². The van der Waals surface area contributed by atoms with Gasteiger partial charge >= 0.3 is 0 Å². The molecule has 0 aliphatic rings. The zero-order valence-corrected chi connectivity index (χ0v) is 10.4. The highest BCUT2D eigenvalue weighted by molar-refractivity contribution is 7.09. The Morgan fingerprint density at radius 3 is 2.88 bits per heavy atom. The Morgan fingerprint density at radius 2 is 2.31 bits per heavy atom. The molecule has 1 atom stereocenters. The van der Waals surface area contributed by atoms with Crippen LogP contribution in [0.1, 0.15) is 16.3 Å². The molecule has 0 spiro atoms. The molecule has 2 rings (SSSR count). The second-order valence-corrected chi connectivity index (χ2v) is 5.11. The lowest BCUT2D eigenvalue weighted by molar-refractivity contribution is 0.655. The number of nitrogens with two attached hydrogens (primary N) is 1. The Labute approximate surface area is 99.1 Å². The minimum absolute atomic E-state index is 0.116. The number of thiazole rings is 1. The van der Waals surface area contributed by atoms with Gasteiger partial charge in [-0.2, -0.15) is 5.10 Å². The van der Waals surface area contributed by atoms with Gasteiger partial charge in [0.1, 0.15) is 0 Å². The van der Waals surface area contributed by atoms with Crippen molar-refractivity contribution < 1.29 is 0 Å². The number of rotatable bonds is 4. The molecule has 2 aromatic rings. The van der Waals surface area contributed by atoms with Crippen LogP contribution in [0.25, 0.3) is 0 Å². The number of nitrogens with zero attached hydrogens (tertiary/aromatic N) is 3. The summed E-state index contributed by atoms with van der Waals surface area (Å²) in [4.78, 5) is 4.42. The zero-order chi connectivity index (χ0) is 11.5. The lowest BCUT2D eigenvalue weighted by Crippen LogP contribution is -2.25. The van der Waals surface area contributed by atoms with Crippen molar-refractivity contribution in [2.75, 3.05) is 0 Å². The average Bonchev–Trinajstić information content (AvgIpc) is 2.76. The maximum absolute atomic E-state index is 6.08. The van der Waals surface area contributed by atoms with Crippen LogP contribution in [0.2, 0.25) is 0 Å². The number of aromatic nitrogens is 3. The van der Waals surface area contributed by atoms with E-state index in [0.717, 1.165) is 23.5 Å². The fourth-order valence-corrected chi connectivity index (χ4v) is 2.35.